The molecule has 0 unspecified atom stereocenters. The van der Waals surface area contributed by atoms with E-state index >= 15 is 0 Å². The van der Waals surface area contributed by atoms with Gasteiger partial charge in [0.05, 0.1) is 16.8 Å². The van der Waals surface area contributed by atoms with Gasteiger partial charge in [-0.2, -0.15) is 0 Å². The average Bonchev–Trinajstić information content (AvgIpc) is 2.58. The average molecular weight is 279 g/mol. The van der Waals surface area contributed by atoms with Crippen LogP contribution < -0.4 is 10.8 Å². The summed E-state index contributed by atoms with van der Waals surface area (Å²) in [7, 11) is 0.854. The third-order valence-electron chi connectivity index (χ3n) is 3.99. The van der Waals surface area contributed by atoms with Gasteiger partial charge in [0.15, 0.2) is 0 Å². The Hall–Kier alpha value is -1.40. The smallest absolute Gasteiger partial charge is 0.399 e. The summed E-state index contributed by atoms with van der Waals surface area (Å²) < 4.78 is 25.4. The largest absolute Gasteiger partial charge is 0.494 e. The van der Waals surface area contributed by atoms with Crippen molar-refractivity contribution in [2.24, 2.45) is 0 Å². The summed E-state index contributed by atoms with van der Waals surface area (Å²) in [5, 5.41) is 2.41. The molecular weight excluding hydrogens is 260 g/mol. The Labute approximate surface area is 118 Å². The van der Waals surface area contributed by atoms with E-state index in [1.54, 1.807) is 6.07 Å². The molecule has 1 aromatic carbocycles. The number of amides is 1. The van der Waals surface area contributed by atoms with Crippen molar-refractivity contribution in [1.82, 2.24) is 5.32 Å². The van der Waals surface area contributed by atoms with Crippen LogP contribution in [0.5, 0.6) is 0 Å². The monoisotopic (exact) mass is 279 g/mol. The van der Waals surface area contributed by atoms with E-state index in [9.17, 15) is 9.18 Å². The first-order chi connectivity index (χ1) is 9.18. The maximum Gasteiger partial charge on any atom is 0.494 e. The van der Waals surface area contributed by atoms with Crippen molar-refractivity contribution >= 4 is 18.5 Å². The molecule has 2 rings (SSSR count). The molecule has 0 atom stereocenters. The van der Waals surface area contributed by atoms with Gasteiger partial charge < -0.3 is 14.6 Å². The van der Waals surface area contributed by atoms with E-state index in [4.69, 9.17) is 9.31 Å². The topological polar surface area (TPSA) is 47.6 Å². The third kappa shape index (κ3) is 2.45. The normalized spacial score (nSPS) is 20.0. The first-order valence-electron chi connectivity index (χ1n) is 6.55. The van der Waals surface area contributed by atoms with Gasteiger partial charge >= 0.3 is 7.12 Å². The molecule has 0 aromatic heterocycles. The Balaban J connectivity index is 2.34. The number of benzene rings is 1. The first-order valence-corrected chi connectivity index (χ1v) is 6.55. The van der Waals surface area contributed by atoms with Gasteiger partial charge in [0.2, 0.25) is 0 Å². The lowest BCUT2D eigenvalue weighted by Gasteiger charge is -2.32. The van der Waals surface area contributed by atoms with Gasteiger partial charge in [-0.25, -0.2) is 4.39 Å². The van der Waals surface area contributed by atoms with Crippen LogP contribution in [0, 0.1) is 5.82 Å². The fraction of sp³-hybridized carbons (Fsp3) is 0.500. The van der Waals surface area contributed by atoms with Crippen molar-refractivity contribution in [2.75, 3.05) is 7.05 Å². The number of halogens is 1. The van der Waals surface area contributed by atoms with Crippen molar-refractivity contribution in [2.45, 2.75) is 38.9 Å². The van der Waals surface area contributed by atoms with Gasteiger partial charge in [-0.1, -0.05) is 6.07 Å². The van der Waals surface area contributed by atoms with Crippen molar-refractivity contribution in [3.8, 4) is 0 Å². The molecule has 0 radical (unpaired) electrons. The molecule has 1 N–H and O–H groups in total. The minimum atomic E-state index is -0.607. The molecule has 4 nitrogen and oxygen atoms in total. The summed E-state index contributed by atoms with van der Waals surface area (Å²) >= 11 is 0. The second kappa shape index (κ2) is 4.86. The quantitative estimate of drug-likeness (QED) is 0.834. The van der Waals surface area contributed by atoms with E-state index in [1.165, 1.54) is 19.2 Å². The zero-order chi connectivity index (χ0) is 15.1. The fourth-order valence-electron chi connectivity index (χ4n) is 1.98. The van der Waals surface area contributed by atoms with Gasteiger partial charge in [-0.05, 0) is 45.3 Å². The van der Waals surface area contributed by atoms with Crippen LogP contribution in [-0.4, -0.2) is 31.3 Å². The van der Waals surface area contributed by atoms with Gasteiger partial charge in [0.1, 0.15) is 5.82 Å². The summed E-state index contributed by atoms with van der Waals surface area (Å²) in [6.07, 6.45) is 0. The molecule has 1 amide bonds. The number of hydrogen-bond acceptors (Lipinski definition) is 3. The van der Waals surface area contributed by atoms with Crippen molar-refractivity contribution in [1.29, 1.82) is 0 Å². The van der Waals surface area contributed by atoms with Gasteiger partial charge in [-0.3, -0.25) is 4.79 Å². The van der Waals surface area contributed by atoms with Crippen molar-refractivity contribution in [3.63, 3.8) is 0 Å². The molecular formula is C14H19BFNO3. The molecule has 0 saturated carbocycles. The van der Waals surface area contributed by atoms with Crippen LogP contribution in [0.15, 0.2) is 18.2 Å². The Morgan fingerprint density at radius 3 is 2.25 bits per heavy atom. The van der Waals surface area contributed by atoms with Crippen LogP contribution in [0.4, 0.5) is 4.39 Å². The molecule has 108 valence electrons. The predicted molar refractivity (Wildman–Crippen MR) is 75.5 cm³/mol. The van der Waals surface area contributed by atoms with Gasteiger partial charge in [-0.15, -0.1) is 0 Å². The van der Waals surface area contributed by atoms with Crippen LogP contribution in [0.1, 0.15) is 38.1 Å². The number of carbonyl (C=O) groups excluding carboxylic acids is 1. The maximum atomic E-state index is 13.7. The Morgan fingerprint density at radius 2 is 1.75 bits per heavy atom. The van der Waals surface area contributed by atoms with E-state index in [0.717, 1.165) is 0 Å². The van der Waals surface area contributed by atoms with E-state index in [-0.39, 0.29) is 5.56 Å². The molecule has 1 aliphatic heterocycles. The molecule has 0 aliphatic carbocycles. The maximum absolute atomic E-state index is 13.7. The van der Waals surface area contributed by atoms with Crippen molar-refractivity contribution < 1.29 is 18.5 Å². The molecule has 1 aromatic rings. The molecule has 0 bridgehead atoms. The number of rotatable bonds is 2. The van der Waals surface area contributed by atoms with Crippen LogP contribution in [0.25, 0.3) is 0 Å². The minimum Gasteiger partial charge on any atom is -0.399 e. The standard InChI is InChI=1S/C14H19BFNO3/c1-13(2)14(3,4)20-15(19-13)9-6-7-11(16)10(8-9)12(18)17-5/h6-8H,1-5H3,(H,17,18). The SMILES string of the molecule is CNC(=O)c1cc(B2OC(C)(C)C(C)(C)O2)ccc1F. The predicted octanol–water partition coefficient (Wildman–Crippen LogP) is 1.48. The Morgan fingerprint density at radius 1 is 1.20 bits per heavy atom. The third-order valence-corrected chi connectivity index (χ3v) is 3.99. The van der Waals surface area contributed by atoms with E-state index < -0.39 is 30.0 Å². The molecule has 0 spiro atoms. The Bertz CT molecular complexity index is 529. The molecule has 1 aliphatic rings. The number of carbonyl (C=O) groups is 1. The zero-order valence-electron chi connectivity index (χ0n) is 12.4. The van der Waals surface area contributed by atoms with E-state index in [1.807, 2.05) is 27.7 Å². The van der Waals surface area contributed by atoms with Crippen LogP contribution in [-0.2, 0) is 9.31 Å². The van der Waals surface area contributed by atoms with Crippen LogP contribution in [0.3, 0.4) is 0 Å². The highest BCUT2D eigenvalue weighted by Crippen LogP contribution is 2.36. The lowest BCUT2D eigenvalue weighted by atomic mass is 9.78. The van der Waals surface area contributed by atoms with E-state index in [0.29, 0.717) is 5.46 Å². The summed E-state index contributed by atoms with van der Waals surface area (Å²) in [6.45, 7) is 7.76. The lowest BCUT2D eigenvalue weighted by Crippen LogP contribution is -2.41. The zero-order valence-corrected chi connectivity index (χ0v) is 12.4. The highest BCUT2D eigenvalue weighted by atomic mass is 19.1. The van der Waals surface area contributed by atoms with Gasteiger partial charge in [0.25, 0.3) is 5.91 Å². The lowest BCUT2D eigenvalue weighted by molar-refractivity contribution is 0.00578. The summed E-state index contributed by atoms with van der Waals surface area (Å²) in [6, 6.07) is 4.30. The van der Waals surface area contributed by atoms with E-state index in [2.05, 4.69) is 5.32 Å². The Kier molecular flexibility index (Phi) is 3.65. The fourth-order valence-corrected chi connectivity index (χ4v) is 1.98. The molecule has 6 heteroatoms. The second-order valence-electron chi connectivity index (χ2n) is 5.91. The molecule has 1 saturated heterocycles. The number of nitrogens with one attached hydrogen (secondary N) is 1. The van der Waals surface area contributed by atoms with Crippen LogP contribution in [0.2, 0.25) is 0 Å². The highest BCUT2D eigenvalue weighted by Gasteiger charge is 2.51. The molecule has 1 fully saturated rings. The highest BCUT2D eigenvalue weighted by molar-refractivity contribution is 6.62. The summed E-state index contributed by atoms with van der Waals surface area (Å²) in [5.41, 5.74) is -0.332. The van der Waals surface area contributed by atoms with Crippen molar-refractivity contribution in [3.05, 3.63) is 29.6 Å². The first kappa shape index (κ1) is 15.0. The minimum absolute atomic E-state index is 0.0142. The summed E-state index contributed by atoms with van der Waals surface area (Å²) in [5.74, 6) is -1.04. The van der Waals surface area contributed by atoms with Crippen LogP contribution >= 0.6 is 0 Å². The molecule has 20 heavy (non-hydrogen) atoms. The summed E-state index contributed by atoms with van der Waals surface area (Å²) in [4.78, 5) is 11.6. The number of hydrogen-bond donors (Lipinski definition) is 1. The van der Waals surface area contributed by atoms with Gasteiger partial charge in [0, 0.05) is 7.05 Å². The molecule has 1 heterocycles. The second-order valence-corrected chi connectivity index (χ2v) is 5.91.